The van der Waals surface area contributed by atoms with Crippen LogP contribution in [0.2, 0.25) is 0 Å². The van der Waals surface area contributed by atoms with Crippen LogP contribution in [0.25, 0.3) is 0 Å². The van der Waals surface area contributed by atoms with Gasteiger partial charge in [0.05, 0.1) is 12.2 Å². The largest absolute Gasteiger partial charge is 0.370 e. The number of rotatable bonds is 6. The molecule has 1 rings (SSSR count). The molecule has 0 saturated heterocycles. The Kier molecular flexibility index (Phi) is 7.04. The summed E-state index contributed by atoms with van der Waals surface area (Å²) in [7, 11) is 0. The molecular formula is C14H20BrIO. The van der Waals surface area contributed by atoms with Gasteiger partial charge in [-0.3, -0.25) is 0 Å². The van der Waals surface area contributed by atoms with Gasteiger partial charge in [-0.1, -0.05) is 64.5 Å². The lowest BCUT2D eigenvalue weighted by Crippen LogP contribution is -2.16. The molecule has 96 valence electrons. The third kappa shape index (κ3) is 5.71. The Morgan fingerprint density at radius 3 is 2.24 bits per heavy atom. The zero-order chi connectivity index (χ0) is 12.8. The molecule has 0 N–H and O–H groups in total. The molecule has 0 radical (unpaired) electrons. The van der Waals surface area contributed by atoms with E-state index >= 15 is 0 Å². The Bertz CT molecular complexity index is 323. The van der Waals surface area contributed by atoms with Gasteiger partial charge in [-0.2, -0.15) is 0 Å². The van der Waals surface area contributed by atoms with E-state index in [1.807, 2.05) is 0 Å². The van der Waals surface area contributed by atoms with Crippen LogP contribution in [-0.2, 0) is 4.74 Å². The minimum absolute atomic E-state index is 0.206. The van der Waals surface area contributed by atoms with Gasteiger partial charge in [-0.15, -0.1) is 0 Å². The van der Waals surface area contributed by atoms with E-state index in [9.17, 15) is 0 Å². The molecule has 0 bridgehead atoms. The van der Waals surface area contributed by atoms with E-state index in [0.29, 0.717) is 12.0 Å². The van der Waals surface area contributed by atoms with Crippen molar-refractivity contribution in [3.63, 3.8) is 0 Å². The summed E-state index contributed by atoms with van der Waals surface area (Å²) < 4.78 is 8.22. The van der Waals surface area contributed by atoms with E-state index in [1.165, 1.54) is 5.56 Å². The third-order valence-electron chi connectivity index (χ3n) is 2.58. The fourth-order valence-electron chi connectivity index (χ4n) is 1.88. The molecule has 2 atom stereocenters. The van der Waals surface area contributed by atoms with Crippen molar-refractivity contribution in [2.24, 2.45) is 5.92 Å². The molecule has 0 saturated carbocycles. The molecule has 1 nitrogen and oxygen atoms in total. The van der Waals surface area contributed by atoms with Crippen LogP contribution in [0, 0.1) is 5.92 Å². The summed E-state index contributed by atoms with van der Waals surface area (Å²) in [4.78, 5) is 0. The average molecular weight is 411 g/mol. The van der Waals surface area contributed by atoms with Crippen molar-refractivity contribution in [2.45, 2.75) is 39.4 Å². The Balaban J connectivity index is 2.62. The Labute approximate surface area is 127 Å². The van der Waals surface area contributed by atoms with E-state index in [4.69, 9.17) is 4.74 Å². The molecule has 0 amide bonds. The van der Waals surface area contributed by atoms with Crippen molar-refractivity contribution in [2.75, 3.05) is 4.43 Å². The number of hydrogen-bond donors (Lipinski definition) is 0. The van der Waals surface area contributed by atoms with Crippen LogP contribution in [0.5, 0.6) is 0 Å². The first-order chi connectivity index (χ1) is 8.02. The van der Waals surface area contributed by atoms with E-state index in [0.717, 1.165) is 15.3 Å². The highest BCUT2D eigenvalue weighted by molar-refractivity contribution is 14.1. The van der Waals surface area contributed by atoms with Gasteiger partial charge in [0.1, 0.15) is 0 Å². The lowest BCUT2D eigenvalue weighted by Gasteiger charge is -2.22. The molecule has 0 fully saturated rings. The number of hydrogen-bond acceptors (Lipinski definition) is 1. The highest BCUT2D eigenvalue weighted by Gasteiger charge is 2.15. The first kappa shape index (κ1) is 15.4. The standard InChI is InChI=1S/C14H20BrIO/c1-10(2)8-11(3)17-14(9-16)12-4-6-13(15)7-5-12/h4-7,10-11,14H,8-9H2,1-3H3. The van der Waals surface area contributed by atoms with Crippen molar-refractivity contribution < 1.29 is 4.74 Å². The second-order valence-electron chi connectivity index (χ2n) is 4.77. The average Bonchev–Trinajstić information content (AvgIpc) is 2.26. The second-order valence-corrected chi connectivity index (χ2v) is 6.57. The van der Waals surface area contributed by atoms with Crippen LogP contribution in [0.4, 0.5) is 0 Å². The fourth-order valence-corrected chi connectivity index (χ4v) is 2.86. The van der Waals surface area contributed by atoms with Crippen molar-refractivity contribution in [1.29, 1.82) is 0 Å². The van der Waals surface area contributed by atoms with Crippen LogP contribution in [-0.4, -0.2) is 10.5 Å². The summed E-state index contributed by atoms with van der Waals surface area (Å²) in [5.74, 6) is 0.685. The molecule has 0 aliphatic rings. The Morgan fingerprint density at radius 2 is 1.76 bits per heavy atom. The lowest BCUT2D eigenvalue weighted by atomic mass is 10.1. The van der Waals surface area contributed by atoms with Crippen molar-refractivity contribution in [1.82, 2.24) is 0 Å². The van der Waals surface area contributed by atoms with Gasteiger partial charge in [0.15, 0.2) is 0 Å². The second kappa shape index (κ2) is 7.74. The number of ether oxygens (including phenoxy) is 1. The van der Waals surface area contributed by atoms with E-state index in [-0.39, 0.29) is 6.10 Å². The molecule has 0 aliphatic carbocycles. The van der Waals surface area contributed by atoms with E-state index in [1.54, 1.807) is 0 Å². The smallest absolute Gasteiger partial charge is 0.0917 e. The summed E-state index contributed by atoms with van der Waals surface area (Å²) in [6.45, 7) is 6.63. The molecule has 17 heavy (non-hydrogen) atoms. The van der Waals surface area contributed by atoms with Crippen molar-refractivity contribution in [3.8, 4) is 0 Å². The Morgan fingerprint density at radius 1 is 1.18 bits per heavy atom. The minimum atomic E-state index is 0.206. The number of alkyl halides is 1. The molecule has 3 heteroatoms. The molecular weight excluding hydrogens is 391 g/mol. The third-order valence-corrected chi connectivity index (χ3v) is 3.91. The monoisotopic (exact) mass is 410 g/mol. The van der Waals surface area contributed by atoms with Gasteiger partial charge in [0, 0.05) is 8.90 Å². The van der Waals surface area contributed by atoms with Crippen LogP contribution in [0.3, 0.4) is 0 Å². The van der Waals surface area contributed by atoms with Crippen LogP contribution in [0.15, 0.2) is 28.7 Å². The molecule has 2 unspecified atom stereocenters. The molecule has 1 aromatic carbocycles. The quantitative estimate of drug-likeness (QED) is 0.452. The molecule has 0 aromatic heterocycles. The molecule has 0 spiro atoms. The predicted octanol–water partition coefficient (Wildman–Crippen LogP) is 5.38. The topological polar surface area (TPSA) is 9.23 Å². The molecule has 0 heterocycles. The summed E-state index contributed by atoms with van der Waals surface area (Å²) >= 11 is 5.85. The van der Waals surface area contributed by atoms with Crippen molar-refractivity contribution in [3.05, 3.63) is 34.3 Å². The van der Waals surface area contributed by atoms with Crippen LogP contribution >= 0.6 is 38.5 Å². The van der Waals surface area contributed by atoms with E-state index in [2.05, 4.69) is 83.6 Å². The van der Waals surface area contributed by atoms with Gasteiger partial charge in [0.25, 0.3) is 0 Å². The number of benzene rings is 1. The maximum atomic E-state index is 6.11. The van der Waals surface area contributed by atoms with Gasteiger partial charge < -0.3 is 4.74 Å². The number of halogens is 2. The lowest BCUT2D eigenvalue weighted by molar-refractivity contribution is 0.000869. The van der Waals surface area contributed by atoms with Gasteiger partial charge >= 0.3 is 0 Å². The normalized spacial score (nSPS) is 14.9. The molecule has 0 aliphatic heterocycles. The maximum Gasteiger partial charge on any atom is 0.0917 e. The Hall–Kier alpha value is 0.390. The summed E-state index contributed by atoms with van der Waals surface area (Å²) in [5, 5.41) is 0. The van der Waals surface area contributed by atoms with Crippen LogP contribution in [0.1, 0.15) is 38.9 Å². The zero-order valence-corrected chi connectivity index (χ0v) is 14.4. The van der Waals surface area contributed by atoms with E-state index < -0.39 is 0 Å². The van der Waals surface area contributed by atoms with Gasteiger partial charge in [-0.05, 0) is 37.0 Å². The van der Waals surface area contributed by atoms with Gasteiger partial charge in [-0.25, -0.2) is 0 Å². The summed E-state index contributed by atoms with van der Waals surface area (Å²) in [6.07, 6.45) is 1.64. The summed E-state index contributed by atoms with van der Waals surface area (Å²) in [6, 6.07) is 8.42. The summed E-state index contributed by atoms with van der Waals surface area (Å²) in [5.41, 5.74) is 1.26. The first-order valence-corrected chi connectivity index (χ1v) is 8.31. The minimum Gasteiger partial charge on any atom is -0.370 e. The van der Waals surface area contributed by atoms with Gasteiger partial charge in [0.2, 0.25) is 0 Å². The fraction of sp³-hybridized carbons (Fsp3) is 0.571. The highest BCUT2D eigenvalue weighted by Crippen LogP contribution is 2.25. The highest BCUT2D eigenvalue weighted by atomic mass is 127. The SMILES string of the molecule is CC(C)CC(C)OC(CI)c1ccc(Br)cc1. The molecule has 1 aromatic rings. The maximum absolute atomic E-state index is 6.11. The zero-order valence-electron chi connectivity index (χ0n) is 10.6. The first-order valence-electron chi connectivity index (χ1n) is 5.99. The van der Waals surface area contributed by atoms with Crippen LogP contribution < -0.4 is 0 Å². The van der Waals surface area contributed by atoms with Crippen molar-refractivity contribution >= 4 is 38.5 Å². The predicted molar refractivity (Wildman–Crippen MR) is 85.8 cm³/mol.